The molecule has 0 N–H and O–H groups in total. The molecule has 0 aliphatic carbocycles. The minimum atomic E-state index is -0.140. The van der Waals surface area contributed by atoms with Crippen molar-refractivity contribution >= 4 is 5.69 Å². The van der Waals surface area contributed by atoms with Crippen LogP contribution in [0.4, 0.5) is 10.1 Å². The largest absolute Gasteiger partial charge is 0.371 e. The molecule has 4 heteroatoms. The Bertz CT molecular complexity index is 843. The first-order valence-corrected chi connectivity index (χ1v) is 8.77. The fourth-order valence-corrected chi connectivity index (χ4v) is 3.93. The number of para-hydroxylation sites is 1. The summed E-state index contributed by atoms with van der Waals surface area (Å²) in [5.41, 5.74) is 3.05. The Balaban J connectivity index is 1.68. The Labute approximate surface area is 147 Å². The third-order valence-corrected chi connectivity index (χ3v) is 5.18. The number of anilines is 1. The van der Waals surface area contributed by atoms with Crippen LogP contribution >= 0.6 is 0 Å². The van der Waals surface area contributed by atoms with Crippen molar-refractivity contribution in [1.29, 1.82) is 0 Å². The van der Waals surface area contributed by atoms with Gasteiger partial charge in [0.15, 0.2) is 0 Å². The number of benzene rings is 2. The van der Waals surface area contributed by atoms with Crippen molar-refractivity contribution in [3.8, 4) is 0 Å². The second-order valence-corrected chi connectivity index (χ2v) is 6.74. The molecule has 2 aromatic carbocycles. The number of aromatic nitrogens is 2. The van der Waals surface area contributed by atoms with Crippen LogP contribution in [-0.4, -0.2) is 22.6 Å². The zero-order chi connectivity index (χ0) is 17.2. The van der Waals surface area contributed by atoms with Gasteiger partial charge in [-0.1, -0.05) is 36.4 Å². The van der Waals surface area contributed by atoms with Crippen LogP contribution in [0.3, 0.4) is 0 Å². The molecule has 25 heavy (non-hydrogen) atoms. The molecule has 0 saturated carbocycles. The fourth-order valence-electron chi connectivity index (χ4n) is 3.93. The van der Waals surface area contributed by atoms with Gasteiger partial charge in [-0.15, -0.1) is 0 Å². The molecule has 1 fully saturated rings. The first kappa shape index (κ1) is 15.9. The number of aryl methyl sites for hydroxylation is 1. The molecule has 1 aliphatic rings. The van der Waals surface area contributed by atoms with E-state index in [-0.39, 0.29) is 11.9 Å². The molecule has 1 saturated heterocycles. The van der Waals surface area contributed by atoms with Gasteiger partial charge < -0.3 is 9.47 Å². The number of imidazole rings is 1. The van der Waals surface area contributed by atoms with Gasteiger partial charge in [-0.3, -0.25) is 0 Å². The van der Waals surface area contributed by atoms with Gasteiger partial charge in [-0.05, 0) is 31.5 Å². The van der Waals surface area contributed by atoms with E-state index in [1.54, 1.807) is 12.1 Å². The maximum atomic E-state index is 14.6. The summed E-state index contributed by atoms with van der Waals surface area (Å²) in [6.45, 7) is 3.94. The first-order valence-electron chi connectivity index (χ1n) is 8.77. The smallest absolute Gasteiger partial charge is 0.128 e. The number of hydrogen-bond donors (Lipinski definition) is 0. The lowest BCUT2D eigenvalue weighted by atomic mass is 9.91. The Morgan fingerprint density at radius 3 is 2.56 bits per heavy atom. The zero-order valence-corrected chi connectivity index (χ0v) is 14.3. The topological polar surface area (TPSA) is 21.1 Å². The van der Waals surface area contributed by atoms with Crippen LogP contribution in [0.5, 0.6) is 0 Å². The molecule has 0 spiro atoms. The molecule has 3 aromatic rings. The quantitative estimate of drug-likeness (QED) is 0.702. The predicted molar refractivity (Wildman–Crippen MR) is 98.3 cm³/mol. The van der Waals surface area contributed by atoms with Gasteiger partial charge in [0.1, 0.15) is 5.82 Å². The average molecular weight is 335 g/mol. The minimum absolute atomic E-state index is 0.0302. The standard InChI is InChI=1S/C21H22FN3/c1-16-13-23-15-25(16)21(19-9-5-6-10-20(19)22)17-11-12-24(14-17)18-7-3-2-4-8-18/h2-10,13,15,17,21H,11-12,14H2,1H3. The van der Waals surface area contributed by atoms with Gasteiger partial charge in [0.25, 0.3) is 0 Å². The van der Waals surface area contributed by atoms with E-state index < -0.39 is 0 Å². The normalized spacial score (nSPS) is 18.5. The van der Waals surface area contributed by atoms with E-state index in [4.69, 9.17) is 0 Å². The summed E-state index contributed by atoms with van der Waals surface area (Å²) in [7, 11) is 0. The van der Waals surface area contributed by atoms with E-state index in [9.17, 15) is 4.39 Å². The molecule has 2 unspecified atom stereocenters. The van der Waals surface area contributed by atoms with Crippen molar-refractivity contribution in [2.45, 2.75) is 19.4 Å². The van der Waals surface area contributed by atoms with Crippen LogP contribution in [-0.2, 0) is 0 Å². The first-order chi connectivity index (χ1) is 12.2. The van der Waals surface area contributed by atoms with Crippen molar-refractivity contribution < 1.29 is 4.39 Å². The number of rotatable bonds is 4. The van der Waals surface area contributed by atoms with Gasteiger partial charge in [-0.25, -0.2) is 9.37 Å². The molecule has 0 radical (unpaired) electrons. The number of nitrogens with zero attached hydrogens (tertiary/aromatic N) is 3. The molecule has 2 heterocycles. The Morgan fingerprint density at radius 1 is 1.08 bits per heavy atom. The summed E-state index contributed by atoms with van der Waals surface area (Å²) in [4.78, 5) is 6.67. The molecule has 1 aromatic heterocycles. The lowest BCUT2D eigenvalue weighted by molar-refractivity contribution is 0.389. The molecule has 3 nitrogen and oxygen atoms in total. The molecular weight excluding hydrogens is 313 g/mol. The summed E-state index contributed by atoms with van der Waals surface area (Å²) in [5.74, 6) is 0.198. The van der Waals surface area contributed by atoms with Crippen LogP contribution in [0.25, 0.3) is 0 Å². The highest BCUT2D eigenvalue weighted by Gasteiger charge is 2.33. The van der Waals surface area contributed by atoms with Crippen molar-refractivity contribution in [3.05, 3.63) is 84.2 Å². The summed E-state index contributed by atoms with van der Waals surface area (Å²) < 4.78 is 16.7. The summed E-state index contributed by atoms with van der Waals surface area (Å²) >= 11 is 0. The fraction of sp³-hybridized carbons (Fsp3) is 0.286. The van der Waals surface area contributed by atoms with Crippen LogP contribution < -0.4 is 4.90 Å². The highest BCUT2D eigenvalue weighted by molar-refractivity contribution is 5.47. The van der Waals surface area contributed by atoms with Gasteiger partial charge in [0.2, 0.25) is 0 Å². The molecule has 0 bridgehead atoms. The van der Waals surface area contributed by atoms with E-state index >= 15 is 0 Å². The van der Waals surface area contributed by atoms with Crippen molar-refractivity contribution in [2.75, 3.05) is 18.0 Å². The Morgan fingerprint density at radius 2 is 1.84 bits per heavy atom. The van der Waals surface area contributed by atoms with E-state index in [0.717, 1.165) is 30.8 Å². The highest BCUT2D eigenvalue weighted by atomic mass is 19.1. The molecule has 4 rings (SSSR count). The Kier molecular flexibility index (Phi) is 4.26. The highest BCUT2D eigenvalue weighted by Crippen LogP contribution is 2.36. The molecular formula is C21H22FN3. The van der Waals surface area contributed by atoms with Gasteiger partial charge >= 0.3 is 0 Å². The summed E-state index contributed by atoms with van der Waals surface area (Å²) in [6.07, 6.45) is 4.71. The van der Waals surface area contributed by atoms with Crippen molar-refractivity contribution in [1.82, 2.24) is 9.55 Å². The SMILES string of the molecule is Cc1cncn1C(c1ccccc1F)C1CCN(c2ccccc2)C1. The average Bonchev–Trinajstić information content (AvgIpc) is 3.28. The summed E-state index contributed by atoms with van der Waals surface area (Å²) in [6, 6.07) is 17.6. The minimum Gasteiger partial charge on any atom is -0.371 e. The van der Waals surface area contributed by atoms with Gasteiger partial charge in [0, 0.05) is 42.1 Å². The number of hydrogen-bond acceptors (Lipinski definition) is 2. The maximum Gasteiger partial charge on any atom is 0.128 e. The van der Waals surface area contributed by atoms with Gasteiger partial charge in [0.05, 0.1) is 12.4 Å². The summed E-state index contributed by atoms with van der Waals surface area (Å²) in [5, 5.41) is 0. The number of halogens is 1. The molecule has 2 atom stereocenters. The molecule has 128 valence electrons. The second-order valence-electron chi connectivity index (χ2n) is 6.74. The van der Waals surface area contributed by atoms with E-state index in [1.165, 1.54) is 5.69 Å². The predicted octanol–water partition coefficient (Wildman–Crippen LogP) is 4.45. The van der Waals surface area contributed by atoms with Crippen molar-refractivity contribution in [3.63, 3.8) is 0 Å². The third-order valence-electron chi connectivity index (χ3n) is 5.18. The maximum absolute atomic E-state index is 14.6. The van der Waals surface area contributed by atoms with Crippen LogP contribution in [0, 0.1) is 18.7 Å². The van der Waals surface area contributed by atoms with Crippen LogP contribution in [0.15, 0.2) is 67.1 Å². The van der Waals surface area contributed by atoms with E-state index in [0.29, 0.717) is 5.92 Å². The van der Waals surface area contributed by atoms with Gasteiger partial charge in [-0.2, -0.15) is 0 Å². The lowest BCUT2D eigenvalue weighted by Crippen LogP contribution is -2.26. The molecule has 0 amide bonds. The van der Waals surface area contributed by atoms with E-state index in [1.807, 2.05) is 37.6 Å². The lowest BCUT2D eigenvalue weighted by Gasteiger charge is -2.28. The van der Waals surface area contributed by atoms with Crippen LogP contribution in [0.1, 0.15) is 23.7 Å². The zero-order valence-electron chi connectivity index (χ0n) is 14.3. The second kappa shape index (κ2) is 6.71. The third kappa shape index (κ3) is 3.04. The van der Waals surface area contributed by atoms with E-state index in [2.05, 4.69) is 38.7 Å². The van der Waals surface area contributed by atoms with Crippen LogP contribution in [0.2, 0.25) is 0 Å². The molecule has 1 aliphatic heterocycles. The monoisotopic (exact) mass is 335 g/mol. The van der Waals surface area contributed by atoms with Crippen molar-refractivity contribution in [2.24, 2.45) is 5.92 Å². The Hall–Kier alpha value is -2.62.